The normalized spacial score (nSPS) is 19.0. The second kappa shape index (κ2) is 6.65. The maximum absolute atomic E-state index is 12.5. The number of carbonyl (C=O) groups is 1. The Bertz CT molecular complexity index is 551. The maximum Gasteiger partial charge on any atom is 0.320 e. The van der Waals surface area contributed by atoms with Crippen molar-refractivity contribution >= 4 is 11.8 Å². The van der Waals surface area contributed by atoms with Crippen LogP contribution in [0.15, 0.2) is 18.3 Å². The number of hydrogen-bond acceptors (Lipinski definition) is 4. The Morgan fingerprint density at radius 1 is 1.00 bits per heavy atom. The number of piperidine rings is 1. The number of aromatic nitrogens is 1. The Morgan fingerprint density at radius 2 is 1.68 bits per heavy atom. The van der Waals surface area contributed by atoms with Crippen LogP contribution in [0.3, 0.4) is 0 Å². The van der Waals surface area contributed by atoms with Gasteiger partial charge in [-0.3, -0.25) is 0 Å². The van der Waals surface area contributed by atoms with Crippen LogP contribution in [-0.4, -0.2) is 60.1 Å². The van der Waals surface area contributed by atoms with Gasteiger partial charge in [-0.05, 0) is 31.4 Å². The van der Waals surface area contributed by atoms with E-state index in [4.69, 9.17) is 5.26 Å². The molecule has 2 amide bonds. The average molecular weight is 299 g/mol. The summed E-state index contributed by atoms with van der Waals surface area (Å²) in [6.07, 6.45) is 5.09. The molecule has 3 heterocycles. The van der Waals surface area contributed by atoms with E-state index in [1.54, 1.807) is 12.3 Å². The zero-order valence-electron chi connectivity index (χ0n) is 12.7. The number of likely N-dealkylation sites (tertiary alicyclic amines) is 1. The number of anilines is 1. The van der Waals surface area contributed by atoms with E-state index in [0.717, 1.165) is 57.9 Å². The fourth-order valence-corrected chi connectivity index (χ4v) is 3.05. The number of urea groups is 1. The Morgan fingerprint density at radius 3 is 2.27 bits per heavy atom. The van der Waals surface area contributed by atoms with Gasteiger partial charge in [0.25, 0.3) is 0 Å². The highest BCUT2D eigenvalue weighted by Gasteiger charge is 2.26. The van der Waals surface area contributed by atoms with Crippen LogP contribution in [0.4, 0.5) is 10.6 Å². The fraction of sp³-hybridized carbons (Fsp3) is 0.562. The number of nitriles is 1. The SMILES string of the molecule is N#Cc1ccc(N2CCN(C(=O)N3CCCCC3)CC2)nc1. The monoisotopic (exact) mass is 299 g/mol. The number of amides is 2. The van der Waals surface area contributed by atoms with Crippen molar-refractivity contribution in [3.05, 3.63) is 23.9 Å². The van der Waals surface area contributed by atoms with Crippen molar-refractivity contribution in [2.75, 3.05) is 44.2 Å². The van der Waals surface area contributed by atoms with Crippen molar-refractivity contribution in [2.24, 2.45) is 0 Å². The van der Waals surface area contributed by atoms with Gasteiger partial charge < -0.3 is 14.7 Å². The number of nitrogens with zero attached hydrogens (tertiary/aromatic N) is 5. The first-order valence-corrected chi connectivity index (χ1v) is 7.93. The molecule has 3 rings (SSSR count). The van der Waals surface area contributed by atoms with Crippen LogP contribution in [0, 0.1) is 11.3 Å². The third-order valence-electron chi connectivity index (χ3n) is 4.38. The summed E-state index contributed by atoms with van der Waals surface area (Å²) in [5, 5.41) is 8.81. The number of hydrogen-bond donors (Lipinski definition) is 0. The average Bonchev–Trinajstić information content (AvgIpc) is 2.62. The zero-order valence-corrected chi connectivity index (χ0v) is 12.7. The molecule has 0 aliphatic carbocycles. The zero-order chi connectivity index (χ0) is 15.4. The summed E-state index contributed by atoms with van der Waals surface area (Å²) in [5.74, 6) is 0.879. The third-order valence-corrected chi connectivity index (χ3v) is 4.38. The largest absolute Gasteiger partial charge is 0.353 e. The molecule has 0 atom stereocenters. The first kappa shape index (κ1) is 14.6. The summed E-state index contributed by atoms with van der Waals surface area (Å²) in [6.45, 7) is 4.84. The van der Waals surface area contributed by atoms with Crippen molar-refractivity contribution in [1.82, 2.24) is 14.8 Å². The Kier molecular flexibility index (Phi) is 4.42. The molecular weight excluding hydrogens is 278 g/mol. The first-order chi connectivity index (χ1) is 10.8. The molecule has 0 N–H and O–H groups in total. The lowest BCUT2D eigenvalue weighted by Gasteiger charge is -2.39. The summed E-state index contributed by atoms with van der Waals surface area (Å²) < 4.78 is 0. The van der Waals surface area contributed by atoms with Crippen molar-refractivity contribution in [3.63, 3.8) is 0 Å². The van der Waals surface area contributed by atoms with E-state index in [1.807, 2.05) is 15.9 Å². The van der Waals surface area contributed by atoms with Gasteiger partial charge in [-0.15, -0.1) is 0 Å². The summed E-state index contributed by atoms with van der Waals surface area (Å²) >= 11 is 0. The van der Waals surface area contributed by atoms with E-state index in [-0.39, 0.29) is 6.03 Å². The first-order valence-electron chi connectivity index (χ1n) is 7.93. The van der Waals surface area contributed by atoms with Gasteiger partial charge in [-0.2, -0.15) is 5.26 Å². The lowest BCUT2D eigenvalue weighted by molar-refractivity contribution is 0.141. The molecule has 0 unspecified atom stereocenters. The molecule has 2 saturated heterocycles. The van der Waals surface area contributed by atoms with E-state index in [1.165, 1.54) is 6.42 Å². The van der Waals surface area contributed by atoms with Crippen LogP contribution in [0.5, 0.6) is 0 Å². The molecule has 2 aliphatic rings. The van der Waals surface area contributed by atoms with Crippen LogP contribution in [0.2, 0.25) is 0 Å². The molecule has 0 spiro atoms. The Balaban J connectivity index is 1.55. The molecule has 0 aromatic carbocycles. The third kappa shape index (κ3) is 3.14. The van der Waals surface area contributed by atoms with Crippen molar-refractivity contribution in [1.29, 1.82) is 5.26 Å². The highest BCUT2D eigenvalue weighted by atomic mass is 16.2. The number of carbonyl (C=O) groups excluding carboxylic acids is 1. The minimum absolute atomic E-state index is 0.187. The van der Waals surface area contributed by atoms with Crippen LogP contribution in [0.25, 0.3) is 0 Å². The number of rotatable bonds is 1. The van der Waals surface area contributed by atoms with Gasteiger partial charge in [0.1, 0.15) is 11.9 Å². The molecule has 6 nitrogen and oxygen atoms in total. The van der Waals surface area contributed by atoms with Crippen LogP contribution < -0.4 is 4.90 Å². The summed E-state index contributed by atoms with van der Waals surface area (Å²) in [6, 6.07) is 5.92. The van der Waals surface area contributed by atoms with Crippen LogP contribution >= 0.6 is 0 Å². The van der Waals surface area contributed by atoms with E-state index < -0.39 is 0 Å². The summed E-state index contributed by atoms with van der Waals surface area (Å²) in [5.41, 5.74) is 0.572. The van der Waals surface area contributed by atoms with Gasteiger partial charge in [-0.25, -0.2) is 9.78 Å². The predicted molar refractivity (Wildman–Crippen MR) is 83.6 cm³/mol. The van der Waals surface area contributed by atoms with Gasteiger partial charge in [0.15, 0.2) is 0 Å². The van der Waals surface area contributed by atoms with E-state index >= 15 is 0 Å². The summed E-state index contributed by atoms with van der Waals surface area (Å²) in [7, 11) is 0. The molecular formula is C16H21N5O. The van der Waals surface area contributed by atoms with Crippen molar-refractivity contribution in [3.8, 4) is 6.07 Å². The van der Waals surface area contributed by atoms with Gasteiger partial charge in [0.2, 0.25) is 0 Å². The molecule has 0 radical (unpaired) electrons. The van der Waals surface area contributed by atoms with E-state index in [2.05, 4.69) is 16.0 Å². The molecule has 116 valence electrons. The van der Waals surface area contributed by atoms with Gasteiger partial charge >= 0.3 is 6.03 Å². The van der Waals surface area contributed by atoms with E-state index in [0.29, 0.717) is 5.56 Å². The second-order valence-electron chi connectivity index (χ2n) is 5.82. The van der Waals surface area contributed by atoms with Crippen LogP contribution in [0.1, 0.15) is 24.8 Å². The summed E-state index contributed by atoms with van der Waals surface area (Å²) in [4.78, 5) is 22.9. The molecule has 0 bridgehead atoms. The maximum atomic E-state index is 12.5. The predicted octanol–water partition coefficient (Wildman–Crippen LogP) is 1.68. The van der Waals surface area contributed by atoms with Gasteiger partial charge in [0, 0.05) is 45.5 Å². The van der Waals surface area contributed by atoms with Gasteiger partial charge in [-0.1, -0.05) is 0 Å². The number of piperazine rings is 1. The Labute approximate surface area is 130 Å². The number of pyridine rings is 1. The standard InChI is InChI=1S/C16H21N5O/c17-12-14-4-5-15(18-13-14)19-8-10-21(11-9-19)16(22)20-6-2-1-3-7-20/h4-5,13H,1-3,6-11H2. The topological polar surface area (TPSA) is 63.5 Å². The van der Waals surface area contributed by atoms with E-state index in [9.17, 15) is 4.79 Å². The minimum Gasteiger partial charge on any atom is -0.353 e. The highest BCUT2D eigenvalue weighted by Crippen LogP contribution is 2.16. The van der Waals surface area contributed by atoms with Crippen LogP contribution in [-0.2, 0) is 0 Å². The lowest BCUT2D eigenvalue weighted by atomic mass is 10.1. The quantitative estimate of drug-likeness (QED) is 0.791. The molecule has 1 aromatic heterocycles. The lowest BCUT2D eigenvalue weighted by Crippen LogP contribution is -2.53. The Hall–Kier alpha value is -2.29. The van der Waals surface area contributed by atoms with Gasteiger partial charge in [0.05, 0.1) is 5.56 Å². The molecule has 0 saturated carbocycles. The van der Waals surface area contributed by atoms with Crippen molar-refractivity contribution in [2.45, 2.75) is 19.3 Å². The highest BCUT2D eigenvalue weighted by molar-refractivity contribution is 5.75. The molecule has 1 aromatic rings. The molecule has 22 heavy (non-hydrogen) atoms. The second-order valence-corrected chi connectivity index (χ2v) is 5.82. The smallest absolute Gasteiger partial charge is 0.320 e. The molecule has 2 aliphatic heterocycles. The fourth-order valence-electron chi connectivity index (χ4n) is 3.05. The minimum atomic E-state index is 0.187. The molecule has 6 heteroatoms. The van der Waals surface area contributed by atoms with Crippen molar-refractivity contribution < 1.29 is 4.79 Å². The molecule has 2 fully saturated rings.